The molecule has 0 N–H and O–H groups in total. The molecule has 1 aliphatic rings. The molecule has 5 nitrogen and oxygen atoms in total. The molecule has 3 rings (SSSR count). The standard InChI is InChI=1S/C19H27N3O2S2/c1-16(2)15-26(23,24)19-20-12-18(14-21-8-10-25-11-9-21)22(19)13-17-6-4-3-5-7-17/h3-7,12,16H,8-11,13-15H2,1-2H3. The molecular formula is C19H27N3O2S2. The van der Waals surface area contributed by atoms with E-state index in [1.165, 1.54) is 0 Å². The molecule has 142 valence electrons. The van der Waals surface area contributed by atoms with Gasteiger partial charge in [0.05, 0.1) is 24.2 Å². The van der Waals surface area contributed by atoms with Crippen LogP contribution < -0.4 is 0 Å². The molecule has 0 aliphatic carbocycles. The van der Waals surface area contributed by atoms with E-state index in [9.17, 15) is 8.42 Å². The number of nitrogens with zero attached hydrogens (tertiary/aromatic N) is 3. The van der Waals surface area contributed by atoms with E-state index in [1.807, 2.05) is 60.5 Å². The second kappa shape index (κ2) is 8.59. The Labute approximate surface area is 160 Å². The Hall–Kier alpha value is -1.31. The minimum atomic E-state index is -3.40. The fraction of sp³-hybridized carbons (Fsp3) is 0.526. The van der Waals surface area contributed by atoms with Crippen molar-refractivity contribution in [2.75, 3.05) is 30.3 Å². The van der Waals surface area contributed by atoms with Gasteiger partial charge in [0.25, 0.3) is 0 Å². The highest BCUT2D eigenvalue weighted by Crippen LogP contribution is 2.20. The molecule has 1 fully saturated rings. The molecule has 26 heavy (non-hydrogen) atoms. The fourth-order valence-corrected chi connectivity index (χ4v) is 5.94. The predicted octanol–water partition coefficient (Wildman–Crippen LogP) is 2.91. The molecule has 2 heterocycles. The van der Waals surface area contributed by atoms with E-state index < -0.39 is 9.84 Å². The van der Waals surface area contributed by atoms with E-state index in [4.69, 9.17) is 0 Å². The van der Waals surface area contributed by atoms with Crippen LogP contribution in [0.25, 0.3) is 0 Å². The molecule has 1 aromatic carbocycles. The summed E-state index contributed by atoms with van der Waals surface area (Å²) in [5.74, 6) is 2.46. The summed E-state index contributed by atoms with van der Waals surface area (Å²) in [4.78, 5) is 6.73. The third-order valence-corrected chi connectivity index (χ3v) is 7.34. The third-order valence-electron chi connectivity index (χ3n) is 4.41. The molecule has 1 aliphatic heterocycles. The summed E-state index contributed by atoms with van der Waals surface area (Å²) in [6.45, 7) is 7.20. The molecular weight excluding hydrogens is 366 g/mol. The van der Waals surface area contributed by atoms with E-state index in [-0.39, 0.29) is 16.8 Å². The van der Waals surface area contributed by atoms with Crippen LogP contribution in [0.1, 0.15) is 25.1 Å². The quantitative estimate of drug-likeness (QED) is 0.724. The number of hydrogen-bond donors (Lipinski definition) is 0. The maximum absolute atomic E-state index is 12.9. The van der Waals surface area contributed by atoms with Crippen molar-refractivity contribution >= 4 is 21.6 Å². The van der Waals surface area contributed by atoms with E-state index in [1.54, 1.807) is 6.20 Å². The van der Waals surface area contributed by atoms with Crippen molar-refractivity contribution in [1.29, 1.82) is 0 Å². The van der Waals surface area contributed by atoms with Gasteiger partial charge in [0, 0.05) is 31.1 Å². The molecule has 0 unspecified atom stereocenters. The molecule has 2 aromatic rings. The van der Waals surface area contributed by atoms with Gasteiger partial charge in [-0.2, -0.15) is 11.8 Å². The summed E-state index contributed by atoms with van der Waals surface area (Å²) in [5, 5.41) is 0.205. The molecule has 0 amide bonds. The van der Waals surface area contributed by atoms with Gasteiger partial charge in [0.15, 0.2) is 0 Å². The highest BCUT2D eigenvalue weighted by atomic mass is 32.2. The van der Waals surface area contributed by atoms with Crippen molar-refractivity contribution in [1.82, 2.24) is 14.5 Å². The number of sulfone groups is 1. The molecule has 0 bridgehead atoms. The maximum atomic E-state index is 12.9. The Morgan fingerprint density at radius 1 is 1.12 bits per heavy atom. The Kier molecular flexibility index (Phi) is 6.42. The van der Waals surface area contributed by atoms with Gasteiger partial charge in [-0.25, -0.2) is 13.4 Å². The number of aromatic nitrogens is 2. The predicted molar refractivity (Wildman–Crippen MR) is 107 cm³/mol. The van der Waals surface area contributed by atoms with Gasteiger partial charge in [-0.1, -0.05) is 44.2 Å². The molecule has 0 radical (unpaired) electrons. The lowest BCUT2D eigenvalue weighted by Gasteiger charge is -2.26. The number of imidazole rings is 1. The van der Waals surface area contributed by atoms with Gasteiger partial charge in [-0.15, -0.1) is 0 Å². The first-order valence-corrected chi connectivity index (χ1v) is 11.9. The second-order valence-corrected chi connectivity index (χ2v) is 10.3. The Balaban J connectivity index is 1.93. The van der Waals surface area contributed by atoms with E-state index >= 15 is 0 Å². The van der Waals surface area contributed by atoms with Crippen LogP contribution in [0.3, 0.4) is 0 Å². The van der Waals surface area contributed by atoms with Crippen molar-refractivity contribution in [2.24, 2.45) is 5.92 Å². The first-order valence-electron chi connectivity index (χ1n) is 9.07. The van der Waals surface area contributed by atoms with Crippen LogP contribution in [-0.2, 0) is 22.9 Å². The highest BCUT2D eigenvalue weighted by Gasteiger charge is 2.25. The number of hydrogen-bond acceptors (Lipinski definition) is 5. The lowest BCUT2D eigenvalue weighted by molar-refractivity contribution is 0.286. The molecule has 1 aromatic heterocycles. The first-order chi connectivity index (χ1) is 12.5. The van der Waals surface area contributed by atoms with Gasteiger partial charge >= 0.3 is 0 Å². The molecule has 0 atom stereocenters. The van der Waals surface area contributed by atoms with Gasteiger partial charge in [0.2, 0.25) is 15.0 Å². The van der Waals surface area contributed by atoms with Crippen LogP contribution in [0.4, 0.5) is 0 Å². The van der Waals surface area contributed by atoms with Crippen molar-refractivity contribution in [3.63, 3.8) is 0 Å². The van der Waals surface area contributed by atoms with Crippen LogP contribution in [0.15, 0.2) is 41.7 Å². The van der Waals surface area contributed by atoms with Gasteiger partial charge in [0.1, 0.15) is 0 Å². The minimum Gasteiger partial charge on any atom is -0.313 e. The first kappa shape index (κ1) is 19.5. The van der Waals surface area contributed by atoms with Crippen molar-refractivity contribution in [2.45, 2.75) is 32.1 Å². The van der Waals surface area contributed by atoms with Gasteiger partial charge in [-0.05, 0) is 11.5 Å². The summed E-state index contributed by atoms with van der Waals surface area (Å²) in [7, 11) is -3.40. The fourth-order valence-electron chi connectivity index (χ4n) is 3.20. The monoisotopic (exact) mass is 393 g/mol. The van der Waals surface area contributed by atoms with E-state index in [0.717, 1.165) is 42.4 Å². The Morgan fingerprint density at radius 3 is 2.46 bits per heavy atom. The van der Waals surface area contributed by atoms with Gasteiger partial charge in [-0.3, -0.25) is 4.90 Å². The maximum Gasteiger partial charge on any atom is 0.228 e. The number of benzene rings is 1. The summed E-state index contributed by atoms with van der Waals surface area (Å²) in [6, 6.07) is 9.99. The van der Waals surface area contributed by atoms with Crippen LogP contribution >= 0.6 is 11.8 Å². The summed E-state index contributed by atoms with van der Waals surface area (Å²) >= 11 is 1.97. The molecule has 0 spiro atoms. The van der Waals surface area contributed by atoms with Crippen LogP contribution in [-0.4, -0.2) is 53.2 Å². The van der Waals surface area contributed by atoms with Crippen LogP contribution in [0.2, 0.25) is 0 Å². The zero-order valence-corrected chi connectivity index (χ0v) is 17.1. The average Bonchev–Trinajstić information content (AvgIpc) is 2.99. The van der Waals surface area contributed by atoms with E-state index in [0.29, 0.717) is 6.54 Å². The summed E-state index contributed by atoms with van der Waals surface area (Å²) in [6.07, 6.45) is 1.75. The topological polar surface area (TPSA) is 55.2 Å². The van der Waals surface area contributed by atoms with Crippen molar-refractivity contribution < 1.29 is 8.42 Å². The molecule has 0 saturated carbocycles. The number of thioether (sulfide) groups is 1. The minimum absolute atomic E-state index is 0.0736. The SMILES string of the molecule is CC(C)CS(=O)(=O)c1ncc(CN2CCSCC2)n1Cc1ccccc1. The lowest BCUT2D eigenvalue weighted by atomic mass is 10.2. The number of rotatable bonds is 7. The summed E-state index contributed by atoms with van der Waals surface area (Å²) < 4.78 is 27.6. The van der Waals surface area contributed by atoms with Crippen molar-refractivity contribution in [3.05, 3.63) is 47.8 Å². The molecule has 1 saturated heterocycles. The zero-order chi connectivity index (χ0) is 18.6. The Bertz CT molecular complexity index is 811. The Morgan fingerprint density at radius 2 is 1.81 bits per heavy atom. The third kappa shape index (κ3) is 4.90. The molecule has 7 heteroatoms. The van der Waals surface area contributed by atoms with Crippen LogP contribution in [0.5, 0.6) is 0 Å². The normalized spacial score (nSPS) is 16.3. The lowest BCUT2D eigenvalue weighted by Crippen LogP contribution is -2.33. The largest absolute Gasteiger partial charge is 0.313 e. The van der Waals surface area contributed by atoms with Gasteiger partial charge < -0.3 is 4.57 Å². The summed E-state index contributed by atoms with van der Waals surface area (Å²) in [5.41, 5.74) is 2.06. The smallest absolute Gasteiger partial charge is 0.228 e. The highest BCUT2D eigenvalue weighted by molar-refractivity contribution is 7.99. The second-order valence-electron chi connectivity index (χ2n) is 7.17. The van der Waals surface area contributed by atoms with Crippen LogP contribution in [0, 0.1) is 5.92 Å². The van der Waals surface area contributed by atoms with E-state index in [2.05, 4.69) is 9.88 Å². The van der Waals surface area contributed by atoms with Crippen molar-refractivity contribution in [3.8, 4) is 0 Å². The average molecular weight is 394 g/mol. The zero-order valence-electron chi connectivity index (χ0n) is 15.5.